The van der Waals surface area contributed by atoms with Crippen molar-refractivity contribution in [1.82, 2.24) is 25.3 Å². The van der Waals surface area contributed by atoms with Crippen LogP contribution in [0.15, 0.2) is 30.3 Å². The minimum absolute atomic E-state index is 0.134. The monoisotopic (exact) mass is 445 g/mol. The van der Waals surface area contributed by atoms with Crippen LogP contribution in [0, 0.1) is 5.92 Å². The Hall–Kier alpha value is -2.87. The number of likely N-dealkylation sites (N-methyl/N-ethyl adjacent to an activating group) is 1. The summed E-state index contributed by atoms with van der Waals surface area (Å²) in [5, 5.41) is 10.6. The summed E-state index contributed by atoms with van der Waals surface area (Å²) in [6, 6.07) is 8.61. The van der Waals surface area contributed by atoms with Crippen LogP contribution in [-0.4, -0.2) is 51.5 Å². The average Bonchev–Trinajstić information content (AvgIpc) is 3.15. The maximum Gasteiger partial charge on any atom is 0.272 e. The topological polar surface area (TPSA) is 96.3 Å². The molecule has 1 unspecified atom stereocenters. The predicted molar refractivity (Wildman–Crippen MR) is 118 cm³/mol. The van der Waals surface area contributed by atoms with E-state index >= 15 is 0 Å². The molecule has 9 heteroatoms. The summed E-state index contributed by atoms with van der Waals surface area (Å²) in [6.45, 7) is 6.89. The molecule has 2 aromatic rings. The first-order chi connectivity index (χ1) is 14.6. The van der Waals surface area contributed by atoms with Gasteiger partial charge in [-0.25, -0.2) is 0 Å². The highest BCUT2D eigenvalue weighted by Gasteiger charge is 2.46. The van der Waals surface area contributed by atoms with Crippen LogP contribution in [0.25, 0.3) is 0 Å². The number of carbonyl (C=O) groups excluding carboxylic acids is 3. The van der Waals surface area contributed by atoms with Gasteiger partial charge in [-0.15, -0.1) is 0 Å². The third kappa shape index (κ3) is 4.90. The van der Waals surface area contributed by atoms with Gasteiger partial charge in [-0.1, -0.05) is 37.6 Å². The summed E-state index contributed by atoms with van der Waals surface area (Å²) in [5.41, 5.74) is 0.217. The molecular formula is C22H28ClN5O3. The fourth-order valence-electron chi connectivity index (χ4n) is 3.38. The minimum atomic E-state index is -1.09. The van der Waals surface area contributed by atoms with Crippen LogP contribution in [0.5, 0.6) is 0 Å². The van der Waals surface area contributed by atoms with Crippen molar-refractivity contribution in [2.75, 3.05) is 13.6 Å². The van der Waals surface area contributed by atoms with Crippen molar-refractivity contribution >= 4 is 29.3 Å². The number of halogens is 1. The Morgan fingerprint density at radius 1 is 1.23 bits per heavy atom. The lowest BCUT2D eigenvalue weighted by molar-refractivity contribution is -0.132. The van der Waals surface area contributed by atoms with Gasteiger partial charge in [-0.3, -0.25) is 19.1 Å². The maximum absolute atomic E-state index is 12.9. The average molecular weight is 446 g/mol. The molecule has 31 heavy (non-hydrogen) atoms. The molecule has 0 bridgehead atoms. The Morgan fingerprint density at radius 2 is 1.90 bits per heavy atom. The summed E-state index contributed by atoms with van der Waals surface area (Å²) >= 11 is 5.88. The van der Waals surface area contributed by atoms with Gasteiger partial charge in [-0.2, -0.15) is 5.10 Å². The lowest BCUT2D eigenvalue weighted by atomic mass is 9.95. The normalized spacial score (nSPS) is 18.1. The fraction of sp³-hybridized carbons (Fsp3) is 0.455. The number of hydrogen-bond donors (Lipinski definition) is 2. The smallest absolute Gasteiger partial charge is 0.272 e. The molecule has 3 amide bonds. The Labute approximate surface area is 186 Å². The van der Waals surface area contributed by atoms with Gasteiger partial charge in [0.25, 0.3) is 11.8 Å². The van der Waals surface area contributed by atoms with Crippen molar-refractivity contribution in [3.63, 3.8) is 0 Å². The van der Waals surface area contributed by atoms with Crippen LogP contribution in [0.4, 0.5) is 0 Å². The highest BCUT2D eigenvalue weighted by Crippen LogP contribution is 2.26. The Bertz CT molecular complexity index is 986. The van der Waals surface area contributed by atoms with E-state index in [9.17, 15) is 14.4 Å². The van der Waals surface area contributed by atoms with Crippen molar-refractivity contribution < 1.29 is 14.4 Å². The van der Waals surface area contributed by atoms with E-state index in [4.69, 9.17) is 11.6 Å². The van der Waals surface area contributed by atoms with Crippen LogP contribution in [0.3, 0.4) is 0 Å². The molecule has 0 saturated heterocycles. The van der Waals surface area contributed by atoms with Gasteiger partial charge in [-0.05, 0) is 37.0 Å². The molecule has 1 aliphatic rings. The van der Waals surface area contributed by atoms with Crippen molar-refractivity contribution in [3.05, 3.63) is 52.3 Å². The molecule has 0 fully saturated rings. The molecule has 0 spiro atoms. The predicted octanol–water partition coefficient (Wildman–Crippen LogP) is 2.47. The molecule has 2 N–H and O–H groups in total. The number of carbonyl (C=O) groups is 3. The standard InChI is InChI=1S/C22H28ClN5O3/c1-14(2)9-10-24-21(31)22(3)13-28-18(20(30)27(22)4)11-17(26-28)19(29)25-12-15-5-7-16(23)8-6-15/h5-8,11,14H,9-10,12-13H2,1-4H3,(H,24,31)(H,25,29). The molecule has 1 aromatic carbocycles. The van der Waals surface area contributed by atoms with Crippen molar-refractivity contribution in [3.8, 4) is 0 Å². The Kier molecular flexibility index (Phi) is 6.69. The zero-order chi connectivity index (χ0) is 22.8. The quantitative estimate of drug-likeness (QED) is 0.684. The van der Waals surface area contributed by atoms with Crippen LogP contribution in [-0.2, 0) is 17.9 Å². The fourth-order valence-corrected chi connectivity index (χ4v) is 3.50. The zero-order valence-electron chi connectivity index (χ0n) is 18.2. The summed E-state index contributed by atoms with van der Waals surface area (Å²) in [4.78, 5) is 39.8. The molecule has 0 radical (unpaired) electrons. The first-order valence-corrected chi connectivity index (χ1v) is 10.7. The van der Waals surface area contributed by atoms with E-state index < -0.39 is 11.4 Å². The molecule has 1 atom stereocenters. The molecule has 3 rings (SSSR count). The third-order valence-corrected chi connectivity index (χ3v) is 5.85. The first kappa shape index (κ1) is 22.8. The van der Waals surface area contributed by atoms with E-state index in [1.54, 1.807) is 26.1 Å². The van der Waals surface area contributed by atoms with E-state index in [1.807, 2.05) is 12.1 Å². The van der Waals surface area contributed by atoms with Gasteiger partial charge in [0.1, 0.15) is 11.2 Å². The number of nitrogens with one attached hydrogen (secondary N) is 2. The van der Waals surface area contributed by atoms with Crippen LogP contribution >= 0.6 is 11.6 Å². The minimum Gasteiger partial charge on any atom is -0.354 e. The number of aromatic nitrogens is 2. The first-order valence-electron chi connectivity index (χ1n) is 10.3. The van der Waals surface area contributed by atoms with E-state index in [2.05, 4.69) is 29.6 Å². The van der Waals surface area contributed by atoms with Crippen LogP contribution < -0.4 is 10.6 Å². The SMILES string of the molecule is CC(C)CCNC(=O)C1(C)Cn2nc(C(=O)NCc3ccc(Cl)cc3)cc2C(=O)N1C. The second kappa shape index (κ2) is 9.09. The molecule has 166 valence electrons. The molecule has 0 saturated carbocycles. The number of rotatable bonds is 7. The summed E-state index contributed by atoms with van der Waals surface area (Å²) in [7, 11) is 1.60. The van der Waals surface area contributed by atoms with Crippen LogP contribution in [0.2, 0.25) is 5.02 Å². The molecule has 0 aliphatic carbocycles. The number of amides is 3. The lowest BCUT2D eigenvalue weighted by Crippen LogP contribution is -2.62. The molecule has 1 aliphatic heterocycles. The number of nitrogens with zero attached hydrogens (tertiary/aromatic N) is 3. The van der Waals surface area contributed by atoms with Crippen molar-refractivity contribution in [1.29, 1.82) is 0 Å². The Morgan fingerprint density at radius 3 is 2.55 bits per heavy atom. The highest BCUT2D eigenvalue weighted by molar-refractivity contribution is 6.30. The maximum atomic E-state index is 12.9. The summed E-state index contributed by atoms with van der Waals surface area (Å²) in [6.07, 6.45) is 0.852. The van der Waals surface area contributed by atoms with Gasteiger partial charge in [0.2, 0.25) is 5.91 Å². The van der Waals surface area contributed by atoms with E-state index in [0.717, 1.165) is 12.0 Å². The molecular weight excluding hydrogens is 418 g/mol. The van der Waals surface area contributed by atoms with E-state index in [0.29, 0.717) is 24.0 Å². The van der Waals surface area contributed by atoms with Gasteiger partial charge in [0.15, 0.2) is 5.69 Å². The number of fused-ring (bicyclic) bond motifs is 1. The molecule has 2 heterocycles. The van der Waals surface area contributed by atoms with Crippen molar-refractivity contribution in [2.45, 2.75) is 45.8 Å². The third-order valence-electron chi connectivity index (χ3n) is 5.60. The zero-order valence-corrected chi connectivity index (χ0v) is 19.0. The van der Waals surface area contributed by atoms with Gasteiger partial charge in [0.05, 0.1) is 6.54 Å². The molecule has 1 aromatic heterocycles. The Balaban J connectivity index is 1.72. The second-order valence-electron chi connectivity index (χ2n) is 8.46. The number of hydrogen-bond acceptors (Lipinski definition) is 4. The van der Waals surface area contributed by atoms with Gasteiger partial charge >= 0.3 is 0 Å². The number of benzene rings is 1. The summed E-state index contributed by atoms with van der Waals surface area (Å²) < 4.78 is 1.45. The van der Waals surface area contributed by atoms with Crippen molar-refractivity contribution in [2.24, 2.45) is 5.92 Å². The van der Waals surface area contributed by atoms with E-state index in [-0.39, 0.29) is 29.7 Å². The van der Waals surface area contributed by atoms with Crippen LogP contribution in [0.1, 0.15) is 53.7 Å². The second-order valence-corrected chi connectivity index (χ2v) is 8.89. The van der Waals surface area contributed by atoms with Gasteiger partial charge < -0.3 is 15.5 Å². The summed E-state index contributed by atoms with van der Waals surface area (Å²) in [5.74, 6) is -0.517. The lowest BCUT2D eigenvalue weighted by Gasteiger charge is -2.40. The van der Waals surface area contributed by atoms with Gasteiger partial charge in [0, 0.05) is 31.2 Å². The highest BCUT2D eigenvalue weighted by atomic mass is 35.5. The largest absolute Gasteiger partial charge is 0.354 e. The molecule has 8 nitrogen and oxygen atoms in total. The van der Waals surface area contributed by atoms with E-state index in [1.165, 1.54) is 15.6 Å².